The van der Waals surface area contributed by atoms with Gasteiger partial charge >= 0.3 is 6.03 Å². The van der Waals surface area contributed by atoms with E-state index in [0.717, 1.165) is 45.6 Å². The predicted molar refractivity (Wildman–Crippen MR) is 97.3 cm³/mol. The molecule has 5 heteroatoms. The Bertz CT molecular complexity index is 560. The van der Waals surface area contributed by atoms with Gasteiger partial charge in [-0.05, 0) is 37.7 Å². The summed E-state index contributed by atoms with van der Waals surface area (Å²) >= 11 is 0. The van der Waals surface area contributed by atoms with Crippen LogP contribution < -0.4 is 10.6 Å². The van der Waals surface area contributed by atoms with Crippen LogP contribution >= 0.6 is 0 Å². The summed E-state index contributed by atoms with van der Waals surface area (Å²) in [5, 5.41) is 6.24. The Labute approximate surface area is 150 Å². The van der Waals surface area contributed by atoms with Gasteiger partial charge in [0.25, 0.3) is 0 Å². The molecule has 2 amide bonds. The lowest BCUT2D eigenvalue weighted by molar-refractivity contribution is 0.111. The van der Waals surface area contributed by atoms with Gasteiger partial charge in [-0.25, -0.2) is 4.79 Å². The van der Waals surface area contributed by atoms with Gasteiger partial charge in [0.05, 0.1) is 6.61 Å². The lowest BCUT2D eigenvalue weighted by Gasteiger charge is -2.39. The average molecular weight is 343 g/mol. The molecule has 4 atom stereocenters. The quantitative estimate of drug-likeness (QED) is 0.864. The zero-order valence-electron chi connectivity index (χ0n) is 14.8. The van der Waals surface area contributed by atoms with Crippen molar-refractivity contribution in [3.63, 3.8) is 0 Å². The number of hydrogen-bond acceptors (Lipinski definition) is 3. The molecule has 3 fully saturated rings. The van der Waals surface area contributed by atoms with Gasteiger partial charge in [0, 0.05) is 43.7 Å². The summed E-state index contributed by atoms with van der Waals surface area (Å²) in [5.41, 5.74) is 1.39. The second-order valence-corrected chi connectivity index (χ2v) is 7.80. The molecule has 1 unspecified atom stereocenters. The standard InChI is InChI=1S/C20H29N3O2/c24-20(21-12-16-8-9-25-14-16)22-17-10-18-6-7-19(11-17)23(18)13-15-4-2-1-3-5-15/h1-5,16-19H,6-14H2,(H2,21,22,24)/t16-,17?,18-,19+/m1/s1. The molecule has 0 spiro atoms. The van der Waals surface area contributed by atoms with Crippen molar-refractivity contribution in [3.8, 4) is 0 Å². The van der Waals surface area contributed by atoms with Crippen LogP contribution in [-0.2, 0) is 11.3 Å². The summed E-state index contributed by atoms with van der Waals surface area (Å²) in [6.07, 6.45) is 5.72. The van der Waals surface area contributed by atoms with Crippen LogP contribution in [0.1, 0.15) is 37.7 Å². The number of fused-ring (bicyclic) bond motifs is 2. The number of ether oxygens (including phenoxy) is 1. The van der Waals surface area contributed by atoms with E-state index < -0.39 is 0 Å². The normalized spacial score (nSPS) is 31.8. The van der Waals surface area contributed by atoms with Crippen molar-refractivity contribution < 1.29 is 9.53 Å². The van der Waals surface area contributed by atoms with Crippen LogP contribution in [0.15, 0.2) is 30.3 Å². The van der Waals surface area contributed by atoms with Gasteiger partial charge in [0.15, 0.2) is 0 Å². The van der Waals surface area contributed by atoms with Crippen LogP contribution in [0.25, 0.3) is 0 Å². The first kappa shape index (κ1) is 16.9. The highest BCUT2D eigenvalue weighted by atomic mass is 16.5. The van der Waals surface area contributed by atoms with E-state index in [0.29, 0.717) is 24.0 Å². The molecule has 0 aliphatic carbocycles. The molecule has 2 N–H and O–H groups in total. The number of amides is 2. The predicted octanol–water partition coefficient (Wildman–Crippen LogP) is 2.52. The molecule has 0 saturated carbocycles. The Morgan fingerprint density at radius 2 is 1.88 bits per heavy atom. The van der Waals surface area contributed by atoms with E-state index in [1.165, 1.54) is 18.4 Å². The molecule has 3 heterocycles. The zero-order chi connectivity index (χ0) is 17.1. The first-order valence-corrected chi connectivity index (χ1v) is 9.69. The van der Waals surface area contributed by atoms with Crippen LogP contribution in [0.4, 0.5) is 4.79 Å². The van der Waals surface area contributed by atoms with Gasteiger partial charge in [-0.2, -0.15) is 0 Å². The largest absolute Gasteiger partial charge is 0.381 e. The maximum absolute atomic E-state index is 12.2. The smallest absolute Gasteiger partial charge is 0.315 e. The Hall–Kier alpha value is -1.59. The van der Waals surface area contributed by atoms with Gasteiger partial charge in [-0.15, -0.1) is 0 Å². The fourth-order valence-electron chi connectivity index (χ4n) is 4.66. The van der Waals surface area contributed by atoms with E-state index in [1.807, 2.05) is 0 Å². The molecule has 0 aromatic heterocycles. The Morgan fingerprint density at radius 3 is 2.56 bits per heavy atom. The monoisotopic (exact) mass is 343 g/mol. The minimum atomic E-state index is -0.00666. The van der Waals surface area contributed by atoms with Crippen molar-refractivity contribution in [1.29, 1.82) is 0 Å². The van der Waals surface area contributed by atoms with E-state index in [1.54, 1.807) is 0 Å². The number of urea groups is 1. The van der Waals surface area contributed by atoms with E-state index in [-0.39, 0.29) is 6.03 Å². The van der Waals surface area contributed by atoms with Crippen LogP contribution in [0.2, 0.25) is 0 Å². The molecular formula is C20H29N3O2. The van der Waals surface area contributed by atoms with E-state index in [9.17, 15) is 4.79 Å². The Kier molecular flexibility index (Phi) is 5.22. The summed E-state index contributed by atoms with van der Waals surface area (Å²) in [6.45, 7) is 3.38. The first-order valence-electron chi connectivity index (χ1n) is 9.69. The molecule has 25 heavy (non-hydrogen) atoms. The summed E-state index contributed by atoms with van der Waals surface area (Å²) in [6, 6.07) is 12.2. The van der Waals surface area contributed by atoms with Crippen molar-refractivity contribution in [2.24, 2.45) is 5.92 Å². The molecule has 3 aliphatic rings. The van der Waals surface area contributed by atoms with Gasteiger partial charge in [-0.1, -0.05) is 30.3 Å². The third-order valence-electron chi connectivity index (χ3n) is 6.00. The van der Waals surface area contributed by atoms with E-state index in [4.69, 9.17) is 4.74 Å². The number of benzene rings is 1. The molecule has 5 nitrogen and oxygen atoms in total. The number of nitrogens with one attached hydrogen (secondary N) is 2. The van der Waals surface area contributed by atoms with E-state index in [2.05, 4.69) is 45.9 Å². The lowest BCUT2D eigenvalue weighted by Crippen LogP contribution is -2.52. The molecule has 2 bridgehead atoms. The van der Waals surface area contributed by atoms with Crippen LogP contribution in [0.5, 0.6) is 0 Å². The van der Waals surface area contributed by atoms with Gasteiger partial charge < -0.3 is 15.4 Å². The van der Waals surface area contributed by atoms with Gasteiger partial charge in [0.2, 0.25) is 0 Å². The van der Waals surface area contributed by atoms with Crippen molar-refractivity contribution in [2.45, 2.75) is 56.8 Å². The van der Waals surface area contributed by atoms with Gasteiger partial charge in [-0.3, -0.25) is 4.90 Å². The third kappa shape index (κ3) is 4.15. The van der Waals surface area contributed by atoms with Crippen molar-refractivity contribution >= 4 is 6.03 Å². The second-order valence-electron chi connectivity index (χ2n) is 7.80. The SMILES string of the molecule is O=C(NC[C@H]1CCOC1)NC1C[C@H]2CC[C@@H](C1)N2Cc1ccccc1. The zero-order valence-corrected chi connectivity index (χ0v) is 14.8. The van der Waals surface area contributed by atoms with Crippen molar-refractivity contribution in [1.82, 2.24) is 15.5 Å². The third-order valence-corrected chi connectivity index (χ3v) is 6.00. The average Bonchev–Trinajstić information content (AvgIpc) is 3.21. The summed E-state index contributed by atoms with van der Waals surface area (Å²) < 4.78 is 5.36. The topological polar surface area (TPSA) is 53.6 Å². The molecule has 4 rings (SSSR count). The summed E-state index contributed by atoms with van der Waals surface area (Å²) in [4.78, 5) is 14.9. The minimum Gasteiger partial charge on any atom is -0.381 e. The molecule has 3 saturated heterocycles. The Morgan fingerprint density at radius 1 is 1.12 bits per heavy atom. The molecule has 3 aliphatic heterocycles. The number of carbonyl (C=O) groups excluding carboxylic acids is 1. The van der Waals surface area contributed by atoms with Gasteiger partial charge in [0.1, 0.15) is 0 Å². The minimum absolute atomic E-state index is 0.00666. The highest BCUT2D eigenvalue weighted by Crippen LogP contribution is 2.36. The molecule has 1 aromatic rings. The number of nitrogens with zero attached hydrogens (tertiary/aromatic N) is 1. The van der Waals surface area contributed by atoms with Crippen LogP contribution in [-0.4, -0.2) is 48.8 Å². The Balaban J connectivity index is 1.25. The lowest BCUT2D eigenvalue weighted by atomic mass is 9.96. The fraction of sp³-hybridized carbons (Fsp3) is 0.650. The molecule has 0 radical (unpaired) electrons. The summed E-state index contributed by atoms with van der Waals surface area (Å²) in [7, 11) is 0. The first-order chi connectivity index (χ1) is 12.3. The highest BCUT2D eigenvalue weighted by molar-refractivity contribution is 5.74. The maximum atomic E-state index is 12.2. The van der Waals surface area contributed by atoms with Crippen LogP contribution in [0.3, 0.4) is 0 Å². The second kappa shape index (κ2) is 7.75. The molecule has 136 valence electrons. The molecular weight excluding hydrogens is 314 g/mol. The number of rotatable bonds is 5. The van der Waals surface area contributed by atoms with Crippen molar-refractivity contribution in [3.05, 3.63) is 35.9 Å². The summed E-state index contributed by atoms with van der Waals surface area (Å²) in [5.74, 6) is 0.481. The number of carbonyl (C=O) groups is 1. The number of hydrogen-bond donors (Lipinski definition) is 2. The number of piperidine rings is 1. The maximum Gasteiger partial charge on any atom is 0.315 e. The highest BCUT2D eigenvalue weighted by Gasteiger charge is 2.40. The van der Waals surface area contributed by atoms with E-state index >= 15 is 0 Å². The fourth-order valence-corrected chi connectivity index (χ4v) is 4.66. The molecule has 1 aromatic carbocycles. The van der Waals surface area contributed by atoms with Crippen molar-refractivity contribution in [2.75, 3.05) is 19.8 Å². The van der Waals surface area contributed by atoms with Crippen LogP contribution in [0, 0.1) is 5.92 Å².